The van der Waals surface area contributed by atoms with E-state index in [9.17, 15) is 9.18 Å². The number of nitrogens with two attached hydrogens (primary N) is 1. The SMILES string of the molecule is CC(Cc1ccco1)(C(=O)Cl)c1cc(F)ccc1N. The molecule has 100 valence electrons. The van der Waals surface area contributed by atoms with Gasteiger partial charge in [-0.15, -0.1) is 0 Å². The highest BCUT2D eigenvalue weighted by Gasteiger charge is 2.37. The molecule has 1 aromatic carbocycles. The van der Waals surface area contributed by atoms with E-state index in [1.54, 1.807) is 19.1 Å². The van der Waals surface area contributed by atoms with Crippen molar-refractivity contribution in [3.05, 3.63) is 53.7 Å². The van der Waals surface area contributed by atoms with Gasteiger partial charge in [0.15, 0.2) is 0 Å². The van der Waals surface area contributed by atoms with Crippen LogP contribution in [0.4, 0.5) is 10.1 Å². The molecule has 2 N–H and O–H groups in total. The van der Waals surface area contributed by atoms with E-state index in [2.05, 4.69) is 0 Å². The molecule has 0 aliphatic heterocycles. The van der Waals surface area contributed by atoms with E-state index in [-0.39, 0.29) is 6.42 Å². The molecule has 0 amide bonds. The Kier molecular flexibility index (Phi) is 3.62. The van der Waals surface area contributed by atoms with Crippen LogP contribution in [0, 0.1) is 5.82 Å². The molecule has 0 saturated heterocycles. The molecule has 0 fully saturated rings. The zero-order valence-corrected chi connectivity index (χ0v) is 11.1. The first-order chi connectivity index (χ1) is 8.93. The first-order valence-corrected chi connectivity index (χ1v) is 6.09. The molecule has 5 heteroatoms. The summed E-state index contributed by atoms with van der Waals surface area (Å²) in [5.74, 6) is 0.118. The second-order valence-corrected chi connectivity index (χ2v) is 4.94. The molecule has 0 radical (unpaired) electrons. The van der Waals surface area contributed by atoms with Crippen LogP contribution >= 0.6 is 11.6 Å². The molecule has 2 aromatic rings. The lowest BCUT2D eigenvalue weighted by Gasteiger charge is -2.26. The molecular weight excluding hydrogens is 269 g/mol. The quantitative estimate of drug-likeness (QED) is 0.691. The fourth-order valence-corrected chi connectivity index (χ4v) is 2.21. The van der Waals surface area contributed by atoms with Crippen molar-refractivity contribution in [1.82, 2.24) is 0 Å². The van der Waals surface area contributed by atoms with E-state index < -0.39 is 16.5 Å². The highest BCUT2D eigenvalue weighted by atomic mass is 35.5. The molecule has 19 heavy (non-hydrogen) atoms. The third-order valence-electron chi connectivity index (χ3n) is 3.15. The first kappa shape index (κ1) is 13.6. The average Bonchev–Trinajstić information content (AvgIpc) is 2.84. The van der Waals surface area contributed by atoms with Gasteiger partial charge in [-0.05, 0) is 54.4 Å². The standard InChI is InChI=1S/C14H13ClFNO2/c1-14(13(15)18,8-10-3-2-6-19-10)11-7-9(16)4-5-12(11)17/h2-7H,8,17H2,1H3. The van der Waals surface area contributed by atoms with E-state index in [4.69, 9.17) is 21.8 Å². The van der Waals surface area contributed by atoms with Crippen molar-refractivity contribution in [2.45, 2.75) is 18.8 Å². The normalized spacial score (nSPS) is 14.1. The van der Waals surface area contributed by atoms with E-state index in [0.717, 1.165) is 0 Å². The van der Waals surface area contributed by atoms with Gasteiger partial charge in [-0.2, -0.15) is 0 Å². The maximum absolute atomic E-state index is 13.4. The zero-order chi connectivity index (χ0) is 14.0. The van der Waals surface area contributed by atoms with Crippen LogP contribution in [0.3, 0.4) is 0 Å². The number of rotatable bonds is 4. The summed E-state index contributed by atoms with van der Waals surface area (Å²) < 4.78 is 18.6. The maximum Gasteiger partial charge on any atom is 0.232 e. The van der Waals surface area contributed by atoms with Gasteiger partial charge in [0.2, 0.25) is 5.24 Å². The Balaban J connectivity index is 2.49. The molecule has 2 rings (SSSR count). The van der Waals surface area contributed by atoms with E-state index in [1.165, 1.54) is 24.5 Å². The van der Waals surface area contributed by atoms with Crippen LogP contribution in [-0.4, -0.2) is 5.24 Å². The summed E-state index contributed by atoms with van der Waals surface area (Å²) in [6.07, 6.45) is 1.72. The van der Waals surface area contributed by atoms with Crippen molar-refractivity contribution < 1.29 is 13.6 Å². The Morgan fingerprint density at radius 2 is 2.21 bits per heavy atom. The number of carbonyl (C=O) groups excluding carboxylic acids is 1. The number of nitrogen functional groups attached to an aromatic ring is 1. The third-order valence-corrected chi connectivity index (χ3v) is 3.57. The second kappa shape index (κ2) is 5.05. The molecule has 0 aliphatic carbocycles. The third kappa shape index (κ3) is 2.63. The lowest BCUT2D eigenvalue weighted by Crippen LogP contribution is -2.32. The minimum atomic E-state index is -1.13. The maximum atomic E-state index is 13.4. The largest absolute Gasteiger partial charge is 0.469 e. The van der Waals surface area contributed by atoms with Crippen molar-refractivity contribution in [2.24, 2.45) is 0 Å². The van der Waals surface area contributed by atoms with Gasteiger partial charge in [0.1, 0.15) is 11.6 Å². The van der Waals surface area contributed by atoms with Gasteiger partial charge in [0, 0.05) is 12.1 Å². The zero-order valence-electron chi connectivity index (χ0n) is 10.3. The first-order valence-electron chi connectivity index (χ1n) is 5.71. The van der Waals surface area contributed by atoms with Gasteiger partial charge in [-0.3, -0.25) is 4.79 Å². The monoisotopic (exact) mass is 281 g/mol. The molecule has 1 aromatic heterocycles. The number of carbonyl (C=O) groups is 1. The van der Waals surface area contributed by atoms with Crippen molar-refractivity contribution in [3.8, 4) is 0 Å². The number of anilines is 1. The molecule has 0 saturated carbocycles. The van der Waals surface area contributed by atoms with Crippen LogP contribution in [0.15, 0.2) is 41.0 Å². The fraction of sp³-hybridized carbons (Fsp3) is 0.214. The Morgan fingerprint density at radius 1 is 1.47 bits per heavy atom. The summed E-state index contributed by atoms with van der Waals surface area (Å²) >= 11 is 5.70. The van der Waals surface area contributed by atoms with Crippen molar-refractivity contribution in [1.29, 1.82) is 0 Å². The molecule has 1 unspecified atom stereocenters. The fourth-order valence-electron chi connectivity index (χ4n) is 2.04. The highest BCUT2D eigenvalue weighted by molar-refractivity contribution is 6.65. The van der Waals surface area contributed by atoms with Gasteiger partial charge in [-0.25, -0.2) is 4.39 Å². The summed E-state index contributed by atoms with van der Waals surface area (Å²) in [5, 5.41) is -0.610. The molecule has 0 bridgehead atoms. The summed E-state index contributed by atoms with van der Waals surface area (Å²) in [7, 11) is 0. The minimum absolute atomic E-state index is 0.218. The lowest BCUT2D eigenvalue weighted by molar-refractivity contribution is -0.116. The summed E-state index contributed by atoms with van der Waals surface area (Å²) in [6.45, 7) is 1.62. The average molecular weight is 282 g/mol. The van der Waals surface area contributed by atoms with E-state index in [0.29, 0.717) is 17.0 Å². The van der Waals surface area contributed by atoms with Crippen molar-refractivity contribution in [2.75, 3.05) is 5.73 Å². The van der Waals surface area contributed by atoms with Crippen LogP contribution < -0.4 is 5.73 Å². The molecule has 1 heterocycles. The van der Waals surface area contributed by atoms with Crippen molar-refractivity contribution >= 4 is 22.5 Å². The van der Waals surface area contributed by atoms with Crippen LogP contribution in [0.25, 0.3) is 0 Å². The summed E-state index contributed by atoms with van der Waals surface area (Å²) in [4.78, 5) is 11.8. The number of hydrogen-bond donors (Lipinski definition) is 1. The molecule has 0 aliphatic rings. The van der Waals surface area contributed by atoms with Crippen LogP contribution in [0.1, 0.15) is 18.2 Å². The van der Waals surface area contributed by atoms with Gasteiger partial charge < -0.3 is 10.2 Å². The Labute approximate surface area is 115 Å². The number of furan rings is 1. The molecular formula is C14H13ClFNO2. The smallest absolute Gasteiger partial charge is 0.232 e. The molecule has 1 atom stereocenters. The van der Waals surface area contributed by atoms with Gasteiger partial charge in [0.05, 0.1) is 11.7 Å². The summed E-state index contributed by atoms with van der Waals surface area (Å²) in [6, 6.07) is 7.34. The van der Waals surface area contributed by atoms with Crippen molar-refractivity contribution in [3.63, 3.8) is 0 Å². The minimum Gasteiger partial charge on any atom is -0.469 e. The number of hydrogen-bond acceptors (Lipinski definition) is 3. The Morgan fingerprint density at radius 3 is 2.79 bits per heavy atom. The number of benzene rings is 1. The van der Waals surface area contributed by atoms with Gasteiger partial charge in [-0.1, -0.05) is 0 Å². The predicted octanol–water partition coefficient (Wildman–Crippen LogP) is 3.27. The Bertz CT molecular complexity index is 597. The molecule has 3 nitrogen and oxygen atoms in total. The Hall–Kier alpha value is -1.81. The van der Waals surface area contributed by atoms with Gasteiger partial charge in [0.25, 0.3) is 0 Å². The van der Waals surface area contributed by atoms with Gasteiger partial charge >= 0.3 is 0 Å². The highest BCUT2D eigenvalue weighted by Crippen LogP contribution is 2.35. The van der Waals surface area contributed by atoms with Crippen LogP contribution in [0.2, 0.25) is 0 Å². The lowest BCUT2D eigenvalue weighted by atomic mass is 9.79. The summed E-state index contributed by atoms with van der Waals surface area (Å²) in [5.41, 5.74) is 5.39. The predicted molar refractivity (Wildman–Crippen MR) is 71.4 cm³/mol. The number of halogens is 2. The van der Waals surface area contributed by atoms with E-state index in [1.807, 2.05) is 0 Å². The van der Waals surface area contributed by atoms with E-state index >= 15 is 0 Å². The second-order valence-electron chi connectivity index (χ2n) is 4.59. The van der Waals surface area contributed by atoms with Crippen LogP contribution in [0.5, 0.6) is 0 Å². The van der Waals surface area contributed by atoms with Crippen LogP contribution in [-0.2, 0) is 16.6 Å². The molecule has 0 spiro atoms. The topological polar surface area (TPSA) is 56.2 Å².